The first-order chi connectivity index (χ1) is 11.5. The number of alkyl halides is 3. The van der Waals surface area contributed by atoms with Crippen LogP contribution < -0.4 is 5.32 Å². The third-order valence-electron chi connectivity index (χ3n) is 4.28. The fourth-order valence-corrected chi connectivity index (χ4v) is 4.25. The van der Waals surface area contributed by atoms with Gasteiger partial charge in [-0.2, -0.15) is 13.2 Å². The standard InChI is InChI=1S/C19H20F3NS/c1-2-23-11-5-7-14-15-12-13-6-3-4-8-17(13)24-18(15)10-9-16(14)19(20,21)22/h3-4,6,8-10,23H,2,5,7,11-12H2,1H3. The van der Waals surface area contributed by atoms with Gasteiger partial charge in [-0.3, -0.25) is 0 Å². The second-order valence-electron chi connectivity index (χ2n) is 5.91. The van der Waals surface area contributed by atoms with Crippen LogP contribution in [0.3, 0.4) is 0 Å². The molecule has 24 heavy (non-hydrogen) atoms. The Morgan fingerprint density at radius 2 is 1.88 bits per heavy atom. The summed E-state index contributed by atoms with van der Waals surface area (Å²) < 4.78 is 40.4. The van der Waals surface area contributed by atoms with E-state index in [2.05, 4.69) is 5.32 Å². The molecule has 0 radical (unpaired) electrons. The zero-order valence-electron chi connectivity index (χ0n) is 13.5. The number of fused-ring (bicyclic) bond motifs is 2. The van der Waals surface area contributed by atoms with Crippen molar-refractivity contribution in [3.05, 3.63) is 58.7 Å². The van der Waals surface area contributed by atoms with Crippen molar-refractivity contribution in [2.45, 2.75) is 42.2 Å². The molecule has 1 heterocycles. The molecule has 0 spiro atoms. The van der Waals surface area contributed by atoms with Crippen molar-refractivity contribution >= 4 is 11.8 Å². The van der Waals surface area contributed by atoms with Gasteiger partial charge in [-0.05, 0) is 67.2 Å². The van der Waals surface area contributed by atoms with Crippen LogP contribution in [0.15, 0.2) is 46.2 Å². The molecular weight excluding hydrogens is 331 g/mol. The van der Waals surface area contributed by atoms with Crippen LogP contribution in [0, 0.1) is 0 Å². The molecule has 3 rings (SSSR count). The molecule has 0 atom stereocenters. The van der Waals surface area contributed by atoms with Gasteiger partial charge >= 0.3 is 6.18 Å². The molecule has 0 fully saturated rings. The maximum Gasteiger partial charge on any atom is 0.416 e. The molecule has 2 aromatic carbocycles. The van der Waals surface area contributed by atoms with Gasteiger partial charge in [0.1, 0.15) is 0 Å². The largest absolute Gasteiger partial charge is 0.416 e. The van der Waals surface area contributed by atoms with Crippen LogP contribution >= 0.6 is 11.8 Å². The van der Waals surface area contributed by atoms with Gasteiger partial charge in [-0.15, -0.1) is 0 Å². The smallest absolute Gasteiger partial charge is 0.317 e. The first-order valence-corrected chi connectivity index (χ1v) is 9.00. The van der Waals surface area contributed by atoms with Crippen LogP contribution in [0.2, 0.25) is 0 Å². The van der Waals surface area contributed by atoms with Crippen LogP contribution in [-0.4, -0.2) is 13.1 Å². The summed E-state index contributed by atoms with van der Waals surface area (Å²) in [6.07, 6.45) is -2.56. The predicted octanol–water partition coefficient (Wildman–Crippen LogP) is 5.30. The quantitative estimate of drug-likeness (QED) is 0.626. The lowest BCUT2D eigenvalue weighted by atomic mass is 9.92. The lowest BCUT2D eigenvalue weighted by molar-refractivity contribution is -0.138. The van der Waals surface area contributed by atoms with Crippen molar-refractivity contribution in [3.8, 4) is 0 Å². The molecule has 1 N–H and O–H groups in total. The third kappa shape index (κ3) is 3.62. The lowest BCUT2D eigenvalue weighted by Crippen LogP contribution is -2.18. The highest BCUT2D eigenvalue weighted by molar-refractivity contribution is 7.99. The minimum atomic E-state index is -4.30. The molecule has 0 bridgehead atoms. The average Bonchev–Trinajstić information content (AvgIpc) is 2.55. The number of hydrogen-bond acceptors (Lipinski definition) is 2. The van der Waals surface area contributed by atoms with E-state index in [0.29, 0.717) is 24.8 Å². The van der Waals surface area contributed by atoms with Crippen molar-refractivity contribution in [1.82, 2.24) is 5.32 Å². The van der Waals surface area contributed by atoms with E-state index in [1.165, 1.54) is 6.07 Å². The van der Waals surface area contributed by atoms with E-state index < -0.39 is 11.7 Å². The molecule has 0 saturated heterocycles. The number of nitrogens with one attached hydrogen (secondary N) is 1. The second-order valence-corrected chi connectivity index (χ2v) is 6.99. The van der Waals surface area contributed by atoms with Gasteiger partial charge in [0.05, 0.1) is 5.56 Å². The molecule has 1 aliphatic rings. The van der Waals surface area contributed by atoms with E-state index in [1.807, 2.05) is 31.2 Å². The maximum atomic E-state index is 13.5. The molecule has 128 valence electrons. The summed E-state index contributed by atoms with van der Waals surface area (Å²) in [6, 6.07) is 10.8. The van der Waals surface area contributed by atoms with Gasteiger partial charge in [-0.1, -0.05) is 36.9 Å². The third-order valence-corrected chi connectivity index (χ3v) is 5.50. The van der Waals surface area contributed by atoms with E-state index in [-0.39, 0.29) is 0 Å². The van der Waals surface area contributed by atoms with Crippen LogP contribution in [0.1, 0.15) is 35.6 Å². The fraction of sp³-hybridized carbons (Fsp3) is 0.368. The van der Waals surface area contributed by atoms with Gasteiger partial charge < -0.3 is 5.32 Å². The molecule has 2 aromatic rings. The monoisotopic (exact) mass is 351 g/mol. The highest BCUT2D eigenvalue weighted by Crippen LogP contribution is 2.44. The Kier molecular flexibility index (Phi) is 5.21. The normalized spacial score (nSPS) is 13.5. The molecule has 5 heteroatoms. The van der Waals surface area contributed by atoms with E-state index in [4.69, 9.17) is 0 Å². The Balaban J connectivity index is 1.98. The molecule has 0 saturated carbocycles. The first kappa shape index (κ1) is 17.4. The van der Waals surface area contributed by atoms with Crippen molar-refractivity contribution in [2.75, 3.05) is 13.1 Å². The van der Waals surface area contributed by atoms with Crippen LogP contribution in [0.4, 0.5) is 13.2 Å². The number of halogens is 3. The summed E-state index contributed by atoms with van der Waals surface area (Å²) in [7, 11) is 0. The topological polar surface area (TPSA) is 12.0 Å². The van der Waals surface area contributed by atoms with E-state index in [0.717, 1.165) is 34.0 Å². The Morgan fingerprint density at radius 1 is 1.08 bits per heavy atom. The summed E-state index contributed by atoms with van der Waals surface area (Å²) in [6.45, 7) is 3.57. The summed E-state index contributed by atoms with van der Waals surface area (Å²) in [5, 5.41) is 3.19. The van der Waals surface area contributed by atoms with Crippen molar-refractivity contribution < 1.29 is 13.2 Å². The van der Waals surface area contributed by atoms with Crippen molar-refractivity contribution in [3.63, 3.8) is 0 Å². The number of benzene rings is 2. The summed E-state index contributed by atoms with van der Waals surface area (Å²) in [5.74, 6) is 0. The van der Waals surface area contributed by atoms with Gasteiger partial charge in [0.25, 0.3) is 0 Å². The maximum absolute atomic E-state index is 13.5. The Morgan fingerprint density at radius 3 is 2.62 bits per heavy atom. The van der Waals surface area contributed by atoms with Gasteiger partial charge in [0.15, 0.2) is 0 Å². The minimum absolute atomic E-state index is 0.452. The second kappa shape index (κ2) is 7.19. The summed E-state index contributed by atoms with van der Waals surface area (Å²) in [4.78, 5) is 2.10. The minimum Gasteiger partial charge on any atom is -0.317 e. The molecule has 0 aliphatic carbocycles. The summed E-state index contributed by atoms with van der Waals surface area (Å²) in [5.41, 5.74) is 1.96. The molecule has 1 nitrogen and oxygen atoms in total. The highest BCUT2D eigenvalue weighted by Gasteiger charge is 2.35. The number of hydrogen-bond donors (Lipinski definition) is 1. The van der Waals surface area contributed by atoms with Crippen molar-refractivity contribution in [1.29, 1.82) is 0 Å². The SMILES string of the molecule is CCNCCCc1c(C(F)(F)F)ccc2c1Cc1ccccc1S2. The molecule has 1 aliphatic heterocycles. The van der Waals surface area contributed by atoms with Crippen LogP contribution in [-0.2, 0) is 19.0 Å². The Labute approximate surface area is 144 Å². The zero-order chi connectivity index (χ0) is 17.2. The van der Waals surface area contributed by atoms with Gasteiger partial charge in [0, 0.05) is 9.79 Å². The molecule has 0 unspecified atom stereocenters. The number of rotatable bonds is 5. The molecule has 0 amide bonds. The van der Waals surface area contributed by atoms with Crippen molar-refractivity contribution in [2.24, 2.45) is 0 Å². The van der Waals surface area contributed by atoms with E-state index >= 15 is 0 Å². The zero-order valence-corrected chi connectivity index (χ0v) is 14.4. The fourth-order valence-electron chi connectivity index (χ4n) is 3.14. The van der Waals surface area contributed by atoms with Gasteiger partial charge in [-0.25, -0.2) is 0 Å². The lowest BCUT2D eigenvalue weighted by Gasteiger charge is -2.24. The van der Waals surface area contributed by atoms with E-state index in [1.54, 1.807) is 17.8 Å². The molecular formula is C19H20F3NS. The summed E-state index contributed by atoms with van der Waals surface area (Å²) >= 11 is 1.58. The highest BCUT2D eigenvalue weighted by atomic mass is 32.2. The first-order valence-electron chi connectivity index (χ1n) is 8.19. The Hall–Kier alpha value is -1.46. The average molecular weight is 351 g/mol. The predicted molar refractivity (Wildman–Crippen MR) is 91.7 cm³/mol. The van der Waals surface area contributed by atoms with Crippen LogP contribution in [0.5, 0.6) is 0 Å². The Bertz CT molecular complexity index is 725. The van der Waals surface area contributed by atoms with Gasteiger partial charge in [0.2, 0.25) is 0 Å². The molecule has 0 aromatic heterocycles. The van der Waals surface area contributed by atoms with Crippen LogP contribution in [0.25, 0.3) is 0 Å². The van der Waals surface area contributed by atoms with E-state index in [9.17, 15) is 13.2 Å².